The summed E-state index contributed by atoms with van der Waals surface area (Å²) in [6.45, 7) is 5.08. The van der Waals surface area contributed by atoms with Crippen LogP contribution in [0.15, 0.2) is 0 Å². The standard InChI is InChI=1S/C12H20N2O4/c1-6(10(16)14(4)5)13-9(15)7-8(11(17)18)12(7,2)3/h6-8H,1-5H3,(H,13,15)(H,17,18). The summed E-state index contributed by atoms with van der Waals surface area (Å²) < 4.78 is 0. The van der Waals surface area contributed by atoms with Gasteiger partial charge in [-0.1, -0.05) is 13.8 Å². The Morgan fingerprint density at radius 1 is 1.22 bits per heavy atom. The summed E-state index contributed by atoms with van der Waals surface area (Å²) in [5.41, 5.74) is -0.545. The number of hydrogen-bond donors (Lipinski definition) is 2. The molecule has 0 aromatic carbocycles. The van der Waals surface area contributed by atoms with Gasteiger partial charge in [0.25, 0.3) is 0 Å². The third-order valence-electron chi connectivity index (χ3n) is 3.55. The second-order valence-electron chi connectivity index (χ2n) is 5.58. The van der Waals surface area contributed by atoms with Crippen molar-refractivity contribution in [3.05, 3.63) is 0 Å². The summed E-state index contributed by atoms with van der Waals surface area (Å²) in [5, 5.41) is 11.6. The van der Waals surface area contributed by atoms with Gasteiger partial charge in [0.1, 0.15) is 6.04 Å². The van der Waals surface area contributed by atoms with E-state index in [9.17, 15) is 14.4 Å². The van der Waals surface area contributed by atoms with Crippen LogP contribution in [0.25, 0.3) is 0 Å². The molecule has 1 rings (SSSR count). The van der Waals surface area contributed by atoms with Crippen LogP contribution in [-0.2, 0) is 14.4 Å². The minimum absolute atomic E-state index is 0.214. The Balaban J connectivity index is 2.64. The predicted octanol–water partition coefficient (Wildman–Crippen LogP) is -0.0639. The lowest BCUT2D eigenvalue weighted by atomic mass is 10.1. The van der Waals surface area contributed by atoms with E-state index in [0.717, 1.165) is 0 Å². The van der Waals surface area contributed by atoms with E-state index in [0.29, 0.717) is 0 Å². The van der Waals surface area contributed by atoms with Crippen LogP contribution in [-0.4, -0.2) is 47.9 Å². The first-order valence-electron chi connectivity index (χ1n) is 5.85. The summed E-state index contributed by atoms with van der Waals surface area (Å²) >= 11 is 0. The first kappa shape index (κ1) is 14.5. The van der Waals surface area contributed by atoms with Crippen molar-refractivity contribution in [1.82, 2.24) is 10.2 Å². The van der Waals surface area contributed by atoms with Crippen LogP contribution < -0.4 is 5.32 Å². The number of carbonyl (C=O) groups excluding carboxylic acids is 2. The van der Waals surface area contributed by atoms with Crippen molar-refractivity contribution in [3.8, 4) is 0 Å². The van der Waals surface area contributed by atoms with Gasteiger partial charge in [0.2, 0.25) is 11.8 Å². The SMILES string of the molecule is CC(NC(=O)C1C(C(=O)O)C1(C)C)C(=O)N(C)C. The van der Waals surface area contributed by atoms with E-state index >= 15 is 0 Å². The molecule has 0 heterocycles. The van der Waals surface area contributed by atoms with Crippen LogP contribution in [0.4, 0.5) is 0 Å². The number of carboxylic acid groups (broad SMARTS) is 1. The topological polar surface area (TPSA) is 86.7 Å². The Morgan fingerprint density at radius 2 is 1.72 bits per heavy atom. The zero-order valence-corrected chi connectivity index (χ0v) is 11.4. The van der Waals surface area contributed by atoms with Gasteiger partial charge < -0.3 is 15.3 Å². The van der Waals surface area contributed by atoms with Gasteiger partial charge in [0.05, 0.1) is 11.8 Å². The summed E-state index contributed by atoms with van der Waals surface area (Å²) in [7, 11) is 3.21. The van der Waals surface area contributed by atoms with Crippen LogP contribution in [0.1, 0.15) is 20.8 Å². The molecule has 0 spiro atoms. The molecule has 0 saturated heterocycles. The Hall–Kier alpha value is -1.59. The number of amides is 2. The Bertz CT molecular complexity index is 390. The maximum atomic E-state index is 11.9. The number of nitrogens with one attached hydrogen (secondary N) is 1. The third kappa shape index (κ3) is 2.47. The minimum atomic E-state index is -0.966. The molecule has 102 valence electrons. The molecule has 6 nitrogen and oxygen atoms in total. The van der Waals surface area contributed by atoms with E-state index in [1.165, 1.54) is 4.90 Å². The molecule has 1 saturated carbocycles. The molecular formula is C12H20N2O4. The summed E-state index contributed by atoms with van der Waals surface area (Å²) in [6.07, 6.45) is 0. The fourth-order valence-electron chi connectivity index (χ4n) is 2.34. The van der Waals surface area contributed by atoms with Gasteiger partial charge in [-0.05, 0) is 12.3 Å². The van der Waals surface area contributed by atoms with Crippen LogP contribution in [0.2, 0.25) is 0 Å². The Morgan fingerprint density at radius 3 is 2.06 bits per heavy atom. The summed E-state index contributed by atoms with van der Waals surface area (Å²) in [5.74, 6) is -2.78. The largest absolute Gasteiger partial charge is 0.481 e. The molecule has 1 aliphatic carbocycles. The highest BCUT2D eigenvalue weighted by molar-refractivity contribution is 5.94. The van der Waals surface area contributed by atoms with Crippen LogP contribution in [0, 0.1) is 17.3 Å². The minimum Gasteiger partial charge on any atom is -0.481 e. The molecule has 3 atom stereocenters. The lowest BCUT2D eigenvalue weighted by Crippen LogP contribution is -2.45. The van der Waals surface area contributed by atoms with Gasteiger partial charge >= 0.3 is 5.97 Å². The Kier molecular flexibility index (Phi) is 3.69. The number of carboxylic acids is 1. The van der Waals surface area contributed by atoms with Crippen molar-refractivity contribution in [2.75, 3.05) is 14.1 Å². The fraction of sp³-hybridized carbons (Fsp3) is 0.750. The average Bonchev–Trinajstić information content (AvgIpc) is 2.80. The number of hydrogen-bond acceptors (Lipinski definition) is 3. The molecule has 1 fully saturated rings. The second-order valence-corrected chi connectivity index (χ2v) is 5.58. The highest BCUT2D eigenvalue weighted by Gasteiger charge is 2.66. The highest BCUT2D eigenvalue weighted by Crippen LogP contribution is 2.58. The molecule has 6 heteroatoms. The quantitative estimate of drug-likeness (QED) is 0.737. The molecule has 0 aromatic rings. The van der Waals surface area contributed by atoms with Crippen molar-refractivity contribution in [2.45, 2.75) is 26.8 Å². The smallest absolute Gasteiger partial charge is 0.307 e. The van der Waals surface area contributed by atoms with Crippen molar-refractivity contribution >= 4 is 17.8 Å². The van der Waals surface area contributed by atoms with Gasteiger partial charge in [-0.3, -0.25) is 14.4 Å². The molecule has 2 amide bonds. The fourth-order valence-corrected chi connectivity index (χ4v) is 2.34. The van der Waals surface area contributed by atoms with Crippen LogP contribution in [0.5, 0.6) is 0 Å². The molecule has 0 radical (unpaired) electrons. The second kappa shape index (κ2) is 4.59. The maximum Gasteiger partial charge on any atom is 0.307 e. The first-order valence-corrected chi connectivity index (χ1v) is 5.85. The maximum absolute atomic E-state index is 11.9. The lowest BCUT2D eigenvalue weighted by Gasteiger charge is -2.18. The highest BCUT2D eigenvalue weighted by atomic mass is 16.4. The molecule has 3 unspecified atom stereocenters. The van der Waals surface area contributed by atoms with Crippen molar-refractivity contribution in [3.63, 3.8) is 0 Å². The first-order chi connectivity index (χ1) is 8.10. The monoisotopic (exact) mass is 256 g/mol. The molecule has 0 bridgehead atoms. The van der Waals surface area contributed by atoms with Crippen LogP contribution >= 0.6 is 0 Å². The molecule has 1 aliphatic rings. The average molecular weight is 256 g/mol. The zero-order valence-electron chi connectivity index (χ0n) is 11.4. The Labute approximate surface area is 106 Å². The zero-order chi connectivity index (χ0) is 14.2. The van der Waals surface area contributed by atoms with E-state index in [-0.39, 0.29) is 11.8 Å². The molecule has 0 aliphatic heterocycles. The molecule has 2 N–H and O–H groups in total. The predicted molar refractivity (Wildman–Crippen MR) is 64.7 cm³/mol. The normalized spacial score (nSPS) is 26.1. The molecular weight excluding hydrogens is 236 g/mol. The third-order valence-corrected chi connectivity index (χ3v) is 3.55. The van der Waals surface area contributed by atoms with Gasteiger partial charge in [-0.2, -0.15) is 0 Å². The van der Waals surface area contributed by atoms with Crippen molar-refractivity contribution in [1.29, 1.82) is 0 Å². The van der Waals surface area contributed by atoms with E-state index in [4.69, 9.17) is 5.11 Å². The summed E-state index contributed by atoms with van der Waals surface area (Å²) in [6, 6.07) is -0.640. The number of rotatable bonds is 4. The summed E-state index contributed by atoms with van der Waals surface area (Å²) in [4.78, 5) is 35.9. The van der Waals surface area contributed by atoms with Gasteiger partial charge in [0, 0.05) is 14.1 Å². The van der Waals surface area contributed by atoms with E-state index < -0.39 is 29.3 Å². The van der Waals surface area contributed by atoms with E-state index in [1.54, 1.807) is 34.9 Å². The lowest BCUT2D eigenvalue weighted by molar-refractivity contribution is -0.140. The number of likely N-dealkylation sites (N-methyl/N-ethyl adjacent to an activating group) is 1. The number of carbonyl (C=O) groups is 3. The molecule has 0 aromatic heterocycles. The van der Waals surface area contributed by atoms with Gasteiger partial charge in [-0.15, -0.1) is 0 Å². The number of aliphatic carboxylic acids is 1. The van der Waals surface area contributed by atoms with Gasteiger partial charge in [0.15, 0.2) is 0 Å². The molecule has 18 heavy (non-hydrogen) atoms. The van der Waals surface area contributed by atoms with E-state index in [1.807, 2.05) is 0 Å². The number of nitrogens with zero attached hydrogens (tertiary/aromatic N) is 1. The van der Waals surface area contributed by atoms with E-state index in [2.05, 4.69) is 5.32 Å². The van der Waals surface area contributed by atoms with Crippen LogP contribution in [0.3, 0.4) is 0 Å². The van der Waals surface area contributed by atoms with Gasteiger partial charge in [-0.25, -0.2) is 0 Å². The van der Waals surface area contributed by atoms with Crippen molar-refractivity contribution < 1.29 is 19.5 Å². The van der Waals surface area contributed by atoms with Crippen molar-refractivity contribution in [2.24, 2.45) is 17.3 Å².